The molecule has 11 heavy (non-hydrogen) atoms. The Kier molecular flexibility index (Phi) is 4.80. The molecule has 0 aromatic rings. The van der Waals surface area contributed by atoms with E-state index in [1.54, 1.807) is 0 Å². The number of hydrogen-bond acceptors (Lipinski definition) is 5. The number of carbonyl (C=O) groups is 1. The largest absolute Gasteiger partial charge is 0.481 e. The van der Waals surface area contributed by atoms with Crippen LogP contribution in [0.2, 0.25) is 0 Å². The zero-order valence-electron chi connectivity index (χ0n) is 6.53. The van der Waals surface area contributed by atoms with Gasteiger partial charge in [-0.15, -0.1) is 0 Å². The van der Waals surface area contributed by atoms with Crippen molar-refractivity contribution in [2.75, 3.05) is 0 Å². The van der Waals surface area contributed by atoms with E-state index in [0.29, 0.717) is 0 Å². The van der Waals surface area contributed by atoms with Gasteiger partial charge in [-0.25, -0.2) is 0 Å². The summed E-state index contributed by atoms with van der Waals surface area (Å²) in [7, 11) is 0. The van der Waals surface area contributed by atoms with Crippen molar-refractivity contribution in [2.45, 2.75) is 26.4 Å². The second-order valence-electron chi connectivity index (χ2n) is 1.94. The maximum atomic E-state index is 9.00. The van der Waals surface area contributed by atoms with Crippen molar-refractivity contribution in [3.63, 3.8) is 0 Å². The Morgan fingerprint density at radius 1 is 1.55 bits per heavy atom. The second-order valence-corrected chi connectivity index (χ2v) is 1.94. The molecule has 0 spiro atoms. The van der Waals surface area contributed by atoms with E-state index >= 15 is 0 Å². The van der Waals surface area contributed by atoms with Crippen molar-refractivity contribution in [1.29, 1.82) is 0 Å². The van der Waals surface area contributed by atoms with Gasteiger partial charge in [0.1, 0.15) is 6.17 Å². The maximum Gasteiger partial charge on any atom is 0.300 e. The monoisotopic (exact) mass is 160 g/mol. The fourth-order valence-electron chi connectivity index (χ4n) is 0.409. The first kappa shape index (κ1) is 9.67. The van der Waals surface area contributed by atoms with E-state index in [-0.39, 0.29) is 6.17 Å². The van der Waals surface area contributed by atoms with Gasteiger partial charge in [-0.3, -0.25) is 15.6 Å². The molecule has 6 nitrogen and oxygen atoms in total. The summed E-state index contributed by atoms with van der Waals surface area (Å²) in [4.78, 5) is 9.00. The highest BCUT2D eigenvalue weighted by atomic mass is 16.4. The van der Waals surface area contributed by atoms with E-state index in [9.17, 15) is 0 Å². The number of rotatable bonds is 1. The molecule has 0 radical (unpaired) electrons. The van der Waals surface area contributed by atoms with Gasteiger partial charge in [-0.1, -0.05) is 17.4 Å². The van der Waals surface area contributed by atoms with Gasteiger partial charge in [0, 0.05) is 6.92 Å². The molecular weight excluding hydrogens is 148 g/mol. The Balaban J connectivity index is 0.000000218. The third kappa shape index (κ3) is 6.56. The summed E-state index contributed by atoms with van der Waals surface area (Å²) >= 11 is 0. The minimum absolute atomic E-state index is 0.264. The van der Waals surface area contributed by atoms with Crippen LogP contribution < -0.4 is 10.9 Å². The first-order valence-corrected chi connectivity index (χ1v) is 3.27. The first-order chi connectivity index (χ1) is 5.16. The Hall–Kier alpha value is -1.33. The third-order valence-corrected chi connectivity index (χ3v) is 0.885. The molecule has 6 heteroatoms. The van der Waals surface area contributed by atoms with E-state index in [4.69, 9.17) is 9.90 Å². The SMILES string of the molecule is CC(=O)O.CCC1NN=NN1. The number of aliphatic carboxylic acids is 1. The minimum atomic E-state index is -0.833. The van der Waals surface area contributed by atoms with Gasteiger partial charge in [0.25, 0.3) is 5.97 Å². The zero-order chi connectivity index (χ0) is 8.69. The highest BCUT2D eigenvalue weighted by Crippen LogP contribution is 1.90. The van der Waals surface area contributed by atoms with Gasteiger partial charge < -0.3 is 5.11 Å². The Bertz CT molecular complexity index is 135. The molecule has 0 aromatic carbocycles. The third-order valence-electron chi connectivity index (χ3n) is 0.885. The average molecular weight is 160 g/mol. The van der Waals surface area contributed by atoms with E-state index in [0.717, 1.165) is 13.3 Å². The summed E-state index contributed by atoms with van der Waals surface area (Å²) in [5.74, 6) is -0.833. The molecular formula is C5H12N4O2. The number of carboxylic acid groups (broad SMARTS) is 1. The van der Waals surface area contributed by atoms with E-state index in [2.05, 4.69) is 28.2 Å². The van der Waals surface area contributed by atoms with E-state index in [1.165, 1.54) is 0 Å². The molecule has 0 amide bonds. The van der Waals surface area contributed by atoms with Crippen molar-refractivity contribution >= 4 is 5.97 Å². The molecule has 1 aliphatic rings. The maximum absolute atomic E-state index is 9.00. The summed E-state index contributed by atoms with van der Waals surface area (Å²) in [6, 6.07) is 0. The summed E-state index contributed by atoms with van der Waals surface area (Å²) in [6.45, 7) is 3.14. The fraction of sp³-hybridized carbons (Fsp3) is 0.800. The lowest BCUT2D eigenvalue weighted by atomic mass is 10.4. The molecule has 0 bridgehead atoms. The molecule has 0 fully saturated rings. The topological polar surface area (TPSA) is 86.1 Å². The lowest BCUT2D eigenvalue weighted by Crippen LogP contribution is -2.28. The molecule has 1 heterocycles. The summed E-state index contributed by atoms with van der Waals surface area (Å²) in [6.07, 6.45) is 1.27. The average Bonchev–Trinajstić information content (AvgIpc) is 2.36. The van der Waals surface area contributed by atoms with Crippen LogP contribution in [0.15, 0.2) is 10.4 Å². The first-order valence-electron chi connectivity index (χ1n) is 3.27. The van der Waals surface area contributed by atoms with Crippen LogP contribution in [0.5, 0.6) is 0 Å². The van der Waals surface area contributed by atoms with Crippen LogP contribution in [0, 0.1) is 0 Å². The predicted molar refractivity (Wildman–Crippen MR) is 38.5 cm³/mol. The van der Waals surface area contributed by atoms with Crippen LogP contribution in [0.4, 0.5) is 0 Å². The Labute approximate surface area is 64.6 Å². The molecule has 3 N–H and O–H groups in total. The summed E-state index contributed by atoms with van der Waals surface area (Å²) in [5, 5.41) is 14.4. The van der Waals surface area contributed by atoms with Crippen LogP contribution in [0.25, 0.3) is 0 Å². The molecule has 0 unspecified atom stereocenters. The predicted octanol–water partition coefficient (Wildman–Crippen LogP) is 0.288. The lowest BCUT2D eigenvalue weighted by Gasteiger charge is -2.01. The molecule has 0 atom stereocenters. The molecule has 1 aliphatic heterocycles. The summed E-state index contributed by atoms with van der Waals surface area (Å²) < 4.78 is 0. The van der Waals surface area contributed by atoms with E-state index in [1.807, 2.05) is 0 Å². The fourth-order valence-corrected chi connectivity index (χ4v) is 0.409. The second kappa shape index (κ2) is 5.45. The van der Waals surface area contributed by atoms with Crippen LogP contribution in [-0.4, -0.2) is 17.2 Å². The van der Waals surface area contributed by atoms with Crippen molar-refractivity contribution in [3.05, 3.63) is 0 Å². The number of hydrogen-bond donors (Lipinski definition) is 3. The van der Waals surface area contributed by atoms with Crippen molar-refractivity contribution in [3.8, 4) is 0 Å². The summed E-state index contributed by atoms with van der Waals surface area (Å²) in [5.41, 5.74) is 5.51. The van der Waals surface area contributed by atoms with Crippen LogP contribution >= 0.6 is 0 Å². The zero-order valence-corrected chi connectivity index (χ0v) is 6.53. The lowest BCUT2D eigenvalue weighted by molar-refractivity contribution is -0.134. The van der Waals surface area contributed by atoms with Gasteiger partial charge in [0.15, 0.2) is 0 Å². The minimum Gasteiger partial charge on any atom is -0.481 e. The molecule has 0 aromatic heterocycles. The normalized spacial score (nSPS) is 14.4. The number of nitrogens with one attached hydrogen (secondary N) is 2. The van der Waals surface area contributed by atoms with E-state index < -0.39 is 5.97 Å². The van der Waals surface area contributed by atoms with Gasteiger partial charge in [-0.2, -0.15) is 0 Å². The molecule has 0 saturated heterocycles. The van der Waals surface area contributed by atoms with Crippen LogP contribution in [0.1, 0.15) is 20.3 Å². The number of nitrogens with zero attached hydrogens (tertiary/aromatic N) is 2. The highest BCUT2D eigenvalue weighted by molar-refractivity contribution is 5.62. The quantitative estimate of drug-likeness (QED) is 0.514. The molecule has 1 rings (SSSR count). The number of carboxylic acids is 1. The van der Waals surface area contributed by atoms with Crippen molar-refractivity contribution < 1.29 is 9.90 Å². The van der Waals surface area contributed by atoms with Crippen LogP contribution in [0.3, 0.4) is 0 Å². The Morgan fingerprint density at radius 2 is 1.91 bits per heavy atom. The highest BCUT2D eigenvalue weighted by Gasteiger charge is 2.04. The molecule has 64 valence electrons. The van der Waals surface area contributed by atoms with Crippen LogP contribution in [-0.2, 0) is 4.79 Å². The van der Waals surface area contributed by atoms with Gasteiger partial charge in [0.2, 0.25) is 0 Å². The smallest absolute Gasteiger partial charge is 0.300 e. The Morgan fingerprint density at radius 3 is 2.09 bits per heavy atom. The van der Waals surface area contributed by atoms with Crippen molar-refractivity contribution in [2.24, 2.45) is 10.4 Å². The molecule has 0 saturated carbocycles. The molecule has 0 aliphatic carbocycles. The van der Waals surface area contributed by atoms with Gasteiger partial charge in [-0.05, 0) is 6.42 Å². The van der Waals surface area contributed by atoms with Crippen molar-refractivity contribution in [1.82, 2.24) is 10.9 Å². The van der Waals surface area contributed by atoms with Gasteiger partial charge >= 0.3 is 0 Å². The van der Waals surface area contributed by atoms with Gasteiger partial charge in [0.05, 0.1) is 0 Å². The standard InChI is InChI=1S/C3H8N4.C2H4O2/c1-2-3-4-6-7-5-3;1-2(3)4/h3H,2H2,1H3,(H,4,7)(H,5,6);1H3,(H,3,4).